The molecular formula is C14H21N3O. The van der Waals surface area contributed by atoms with Crippen molar-refractivity contribution in [3.05, 3.63) is 35.9 Å². The van der Waals surface area contributed by atoms with Crippen molar-refractivity contribution in [2.75, 3.05) is 26.7 Å². The average molecular weight is 247 g/mol. The van der Waals surface area contributed by atoms with Crippen LogP contribution in [0.1, 0.15) is 12.0 Å². The van der Waals surface area contributed by atoms with E-state index < -0.39 is 0 Å². The molecule has 2 rings (SSSR count). The fraction of sp³-hybridized carbons (Fsp3) is 0.500. The molecule has 0 spiro atoms. The van der Waals surface area contributed by atoms with E-state index in [2.05, 4.69) is 4.90 Å². The monoisotopic (exact) mass is 247 g/mol. The molecule has 1 fully saturated rings. The number of carbonyl (C=O) groups excluding carboxylic acids is 1. The molecule has 4 heteroatoms. The Morgan fingerprint density at radius 2 is 2.17 bits per heavy atom. The van der Waals surface area contributed by atoms with Gasteiger partial charge in [0.15, 0.2) is 0 Å². The zero-order valence-electron chi connectivity index (χ0n) is 10.9. The van der Waals surface area contributed by atoms with E-state index in [-0.39, 0.29) is 11.9 Å². The van der Waals surface area contributed by atoms with Gasteiger partial charge in [0.25, 0.3) is 0 Å². The average Bonchev–Trinajstić information content (AvgIpc) is 2.76. The van der Waals surface area contributed by atoms with Crippen molar-refractivity contribution < 1.29 is 4.79 Å². The number of carbonyl (C=O) groups is 1. The first kappa shape index (κ1) is 13.1. The Balaban J connectivity index is 1.82. The van der Waals surface area contributed by atoms with E-state index in [1.165, 1.54) is 0 Å². The largest absolute Gasteiger partial charge is 0.340 e. The predicted molar refractivity (Wildman–Crippen MR) is 71.9 cm³/mol. The molecule has 1 aliphatic rings. The van der Waals surface area contributed by atoms with Crippen LogP contribution >= 0.6 is 0 Å². The lowest BCUT2D eigenvalue weighted by Gasteiger charge is -2.21. The fourth-order valence-corrected chi connectivity index (χ4v) is 2.26. The van der Waals surface area contributed by atoms with Crippen LogP contribution in [0.4, 0.5) is 0 Å². The minimum Gasteiger partial charge on any atom is -0.340 e. The van der Waals surface area contributed by atoms with Gasteiger partial charge in [-0.1, -0.05) is 30.3 Å². The number of likely N-dealkylation sites (tertiary alicyclic amines) is 1. The highest BCUT2D eigenvalue weighted by molar-refractivity contribution is 5.78. The third kappa shape index (κ3) is 3.55. The summed E-state index contributed by atoms with van der Waals surface area (Å²) in [6, 6.07) is 10.3. The minimum absolute atomic E-state index is 0.160. The van der Waals surface area contributed by atoms with Crippen LogP contribution in [0.25, 0.3) is 0 Å². The zero-order chi connectivity index (χ0) is 13.0. The first-order valence-electron chi connectivity index (χ1n) is 6.41. The summed E-state index contributed by atoms with van der Waals surface area (Å²) < 4.78 is 0. The van der Waals surface area contributed by atoms with Crippen LogP contribution in [-0.2, 0) is 11.3 Å². The van der Waals surface area contributed by atoms with E-state index in [9.17, 15) is 4.79 Å². The van der Waals surface area contributed by atoms with E-state index in [4.69, 9.17) is 5.73 Å². The van der Waals surface area contributed by atoms with Crippen molar-refractivity contribution in [1.82, 2.24) is 9.80 Å². The van der Waals surface area contributed by atoms with E-state index in [0.29, 0.717) is 13.1 Å². The van der Waals surface area contributed by atoms with Crippen molar-refractivity contribution in [3.63, 3.8) is 0 Å². The van der Waals surface area contributed by atoms with Crippen molar-refractivity contribution >= 4 is 5.91 Å². The predicted octanol–water partition coefficient (Wildman–Crippen LogP) is 0.678. The van der Waals surface area contributed by atoms with E-state index in [0.717, 1.165) is 25.1 Å². The van der Waals surface area contributed by atoms with Crippen LogP contribution in [0.2, 0.25) is 0 Å². The quantitative estimate of drug-likeness (QED) is 0.851. The molecule has 4 nitrogen and oxygen atoms in total. The van der Waals surface area contributed by atoms with Crippen LogP contribution in [0.15, 0.2) is 30.3 Å². The second-order valence-electron chi connectivity index (χ2n) is 5.02. The molecule has 0 aliphatic carbocycles. The Hall–Kier alpha value is -1.39. The summed E-state index contributed by atoms with van der Waals surface area (Å²) in [7, 11) is 1.85. The van der Waals surface area contributed by atoms with Crippen molar-refractivity contribution in [1.29, 1.82) is 0 Å². The van der Waals surface area contributed by atoms with Gasteiger partial charge in [0.2, 0.25) is 5.91 Å². The molecular weight excluding hydrogens is 226 g/mol. The summed E-state index contributed by atoms with van der Waals surface area (Å²) in [5, 5.41) is 0. The van der Waals surface area contributed by atoms with Crippen LogP contribution in [0, 0.1) is 0 Å². The molecule has 98 valence electrons. The van der Waals surface area contributed by atoms with Gasteiger partial charge in [-0.05, 0) is 12.0 Å². The number of amides is 1. The third-order valence-electron chi connectivity index (χ3n) is 3.36. The first-order chi connectivity index (χ1) is 8.65. The molecule has 0 bridgehead atoms. The Bertz CT molecular complexity index is 393. The molecule has 0 radical (unpaired) electrons. The number of nitrogens with two attached hydrogens (primary N) is 1. The lowest BCUT2D eigenvalue weighted by molar-refractivity contribution is -0.131. The van der Waals surface area contributed by atoms with Crippen molar-refractivity contribution in [3.8, 4) is 0 Å². The number of nitrogens with zero attached hydrogens (tertiary/aromatic N) is 2. The molecule has 1 saturated heterocycles. The normalized spacial score (nSPS) is 20.0. The van der Waals surface area contributed by atoms with Gasteiger partial charge in [-0.25, -0.2) is 0 Å². The molecule has 2 N–H and O–H groups in total. The van der Waals surface area contributed by atoms with Gasteiger partial charge in [0.05, 0.1) is 6.54 Å². The van der Waals surface area contributed by atoms with Gasteiger partial charge < -0.3 is 10.6 Å². The molecule has 1 aromatic carbocycles. The van der Waals surface area contributed by atoms with Gasteiger partial charge in [0.1, 0.15) is 0 Å². The SMILES string of the molecule is CN(Cc1ccccc1)C(=O)CN1CC[C@@H](N)C1. The van der Waals surface area contributed by atoms with E-state index in [1.54, 1.807) is 4.90 Å². The summed E-state index contributed by atoms with van der Waals surface area (Å²) in [5.41, 5.74) is 6.99. The Labute approximate surface area is 108 Å². The summed E-state index contributed by atoms with van der Waals surface area (Å²) >= 11 is 0. The van der Waals surface area contributed by atoms with E-state index >= 15 is 0 Å². The number of likely N-dealkylation sites (N-methyl/N-ethyl adjacent to an activating group) is 1. The summed E-state index contributed by atoms with van der Waals surface area (Å²) in [6.07, 6.45) is 0.996. The van der Waals surface area contributed by atoms with Crippen LogP contribution in [-0.4, -0.2) is 48.4 Å². The lowest BCUT2D eigenvalue weighted by Crippen LogP contribution is -2.38. The number of benzene rings is 1. The fourth-order valence-electron chi connectivity index (χ4n) is 2.26. The zero-order valence-corrected chi connectivity index (χ0v) is 10.9. The highest BCUT2D eigenvalue weighted by Crippen LogP contribution is 2.08. The second-order valence-corrected chi connectivity index (χ2v) is 5.02. The van der Waals surface area contributed by atoms with Crippen LogP contribution < -0.4 is 5.73 Å². The Morgan fingerprint density at radius 3 is 2.78 bits per heavy atom. The molecule has 1 aliphatic heterocycles. The molecule has 1 aromatic rings. The van der Waals surface area contributed by atoms with Gasteiger partial charge in [-0.15, -0.1) is 0 Å². The molecule has 1 atom stereocenters. The van der Waals surface area contributed by atoms with E-state index in [1.807, 2.05) is 37.4 Å². The number of rotatable bonds is 4. The van der Waals surface area contributed by atoms with Gasteiger partial charge in [0, 0.05) is 32.7 Å². The molecule has 1 heterocycles. The summed E-state index contributed by atoms with van der Waals surface area (Å²) in [6.45, 7) is 2.92. The van der Waals surface area contributed by atoms with Gasteiger partial charge in [-0.3, -0.25) is 9.69 Å². The highest BCUT2D eigenvalue weighted by atomic mass is 16.2. The Morgan fingerprint density at radius 1 is 1.44 bits per heavy atom. The molecule has 0 unspecified atom stereocenters. The smallest absolute Gasteiger partial charge is 0.236 e. The maximum absolute atomic E-state index is 12.1. The number of hydrogen-bond donors (Lipinski definition) is 1. The highest BCUT2D eigenvalue weighted by Gasteiger charge is 2.22. The molecule has 0 aromatic heterocycles. The maximum atomic E-state index is 12.1. The second kappa shape index (κ2) is 5.98. The van der Waals surface area contributed by atoms with Crippen molar-refractivity contribution in [2.24, 2.45) is 5.73 Å². The van der Waals surface area contributed by atoms with Crippen molar-refractivity contribution in [2.45, 2.75) is 19.0 Å². The molecule has 1 amide bonds. The maximum Gasteiger partial charge on any atom is 0.236 e. The van der Waals surface area contributed by atoms with Crippen LogP contribution in [0.3, 0.4) is 0 Å². The Kier molecular flexibility index (Phi) is 4.33. The van der Waals surface area contributed by atoms with Gasteiger partial charge in [-0.2, -0.15) is 0 Å². The first-order valence-corrected chi connectivity index (χ1v) is 6.41. The van der Waals surface area contributed by atoms with Crippen LogP contribution in [0.5, 0.6) is 0 Å². The standard InChI is InChI=1S/C14H21N3O/c1-16(9-12-5-3-2-4-6-12)14(18)11-17-8-7-13(15)10-17/h2-6,13H,7-11,15H2,1H3/t13-/m1/s1. The minimum atomic E-state index is 0.160. The molecule has 18 heavy (non-hydrogen) atoms. The summed E-state index contributed by atoms with van der Waals surface area (Å²) in [4.78, 5) is 16.0. The van der Waals surface area contributed by atoms with Gasteiger partial charge >= 0.3 is 0 Å². The number of hydrogen-bond acceptors (Lipinski definition) is 3. The third-order valence-corrected chi connectivity index (χ3v) is 3.36. The topological polar surface area (TPSA) is 49.6 Å². The molecule has 0 saturated carbocycles. The lowest BCUT2D eigenvalue weighted by atomic mass is 10.2. The summed E-state index contributed by atoms with van der Waals surface area (Å²) in [5.74, 6) is 0.160.